The van der Waals surface area contributed by atoms with Gasteiger partial charge in [-0.2, -0.15) is 0 Å². The van der Waals surface area contributed by atoms with E-state index in [2.05, 4.69) is 40.4 Å². The summed E-state index contributed by atoms with van der Waals surface area (Å²) in [7, 11) is -2.15. The van der Waals surface area contributed by atoms with E-state index < -0.39 is 78.6 Å². The van der Waals surface area contributed by atoms with Crippen LogP contribution in [0.3, 0.4) is 0 Å². The molecule has 1 N–H and O–H groups in total. The fourth-order valence-corrected chi connectivity index (χ4v) is 10.8. The molecule has 0 radical (unpaired) electrons. The van der Waals surface area contributed by atoms with Crippen LogP contribution in [0.15, 0.2) is 41.5 Å². The van der Waals surface area contributed by atoms with E-state index >= 15 is 0 Å². The van der Waals surface area contributed by atoms with Crippen molar-refractivity contribution in [2.24, 2.45) is 28.6 Å². The van der Waals surface area contributed by atoms with E-state index in [0.717, 1.165) is 11.1 Å². The third-order valence-corrected chi connectivity index (χ3v) is 12.7. The molecular formula is C36H52O9Si. The molecule has 1 heterocycles. The van der Waals surface area contributed by atoms with E-state index in [-0.39, 0.29) is 24.9 Å². The van der Waals surface area contributed by atoms with Crippen molar-refractivity contribution in [3.63, 3.8) is 0 Å². The highest BCUT2D eigenvalue weighted by atomic mass is 28.4. The Kier molecular flexibility index (Phi) is 8.75. The number of ether oxygens (including phenoxy) is 4. The first-order chi connectivity index (χ1) is 21.2. The molecule has 2 bridgehead atoms. The van der Waals surface area contributed by atoms with Crippen LogP contribution < -0.4 is 0 Å². The minimum Gasteiger partial charge on any atom is -0.461 e. The molecule has 0 aromatic heterocycles. The van der Waals surface area contributed by atoms with Crippen molar-refractivity contribution in [3.05, 3.63) is 47.0 Å². The van der Waals surface area contributed by atoms with Gasteiger partial charge < -0.3 is 28.5 Å². The third-order valence-electron chi connectivity index (χ3n) is 11.7. The normalized spacial score (nSPS) is 39.9. The van der Waals surface area contributed by atoms with Crippen molar-refractivity contribution in [2.45, 2.75) is 123 Å². The Balaban J connectivity index is 1.86. The van der Waals surface area contributed by atoms with Crippen LogP contribution in [0.2, 0.25) is 19.6 Å². The summed E-state index contributed by atoms with van der Waals surface area (Å²) in [4.78, 5) is 40.0. The monoisotopic (exact) mass is 656 g/mol. The molecule has 1 aromatic rings. The van der Waals surface area contributed by atoms with E-state index in [1.54, 1.807) is 24.3 Å². The highest BCUT2D eigenvalue weighted by Gasteiger charge is 2.77. The average Bonchev–Trinajstić information content (AvgIpc) is 2.93. The predicted molar refractivity (Wildman–Crippen MR) is 174 cm³/mol. The lowest BCUT2D eigenvalue weighted by Gasteiger charge is -2.70. The smallest absolute Gasteiger partial charge is 0.338 e. The van der Waals surface area contributed by atoms with Gasteiger partial charge in [-0.15, -0.1) is 0 Å². The first-order valence-electron chi connectivity index (χ1n) is 16.6. The molecular weight excluding hydrogens is 604 g/mol. The summed E-state index contributed by atoms with van der Waals surface area (Å²) < 4.78 is 32.2. The second-order valence-corrected chi connectivity index (χ2v) is 20.4. The molecule has 254 valence electrons. The Labute approximate surface area is 274 Å². The first kappa shape index (κ1) is 34.8. The lowest BCUT2D eigenvalue weighted by atomic mass is 9.42. The fourth-order valence-electron chi connectivity index (χ4n) is 9.64. The Morgan fingerprint density at radius 3 is 2.11 bits per heavy atom. The summed E-state index contributed by atoms with van der Waals surface area (Å²) in [5.41, 5.74) is -2.55. The summed E-state index contributed by atoms with van der Waals surface area (Å²) in [6.45, 7) is 21.3. The van der Waals surface area contributed by atoms with Crippen molar-refractivity contribution in [1.82, 2.24) is 0 Å². The molecule has 0 spiro atoms. The van der Waals surface area contributed by atoms with Gasteiger partial charge in [-0.05, 0) is 56.6 Å². The maximum atomic E-state index is 14.1. The second-order valence-electron chi connectivity index (χ2n) is 15.9. The van der Waals surface area contributed by atoms with Crippen LogP contribution in [0.25, 0.3) is 0 Å². The van der Waals surface area contributed by atoms with Crippen LogP contribution in [0, 0.1) is 28.6 Å². The van der Waals surface area contributed by atoms with Gasteiger partial charge >= 0.3 is 17.9 Å². The largest absolute Gasteiger partial charge is 0.461 e. The molecule has 0 amide bonds. The molecule has 1 unspecified atom stereocenters. The molecule has 3 aliphatic carbocycles. The van der Waals surface area contributed by atoms with Crippen LogP contribution in [0.4, 0.5) is 0 Å². The molecule has 2 saturated carbocycles. The van der Waals surface area contributed by atoms with Gasteiger partial charge in [-0.3, -0.25) is 9.59 Å². The lowest BCUT2D eigenvalue weighted by molar-refractivity contribution is -0.357. The van der Waals surface area contributed by atoms with Crippen LogP contribution in [-0.2, 0) is 33.0 Å². The van der Waals surface area contributed by atoms with E-state index in [1.807, 2.05) is 26.8 Å². The van der Waals surface area contributed by atoms with Gasteiger partial charge in [0.2, 0.25) is 0 Å². The summed E-state index contributed by atoms with van der Waals surface area (Å²) >= 11 is 0. The quantitative estimate of drug-likeness (QED) is 0.174. The van der Waals surface area contributed by atoms with Gasteiger partial charge in [0.25, 0.3) is 0 Å². The number of hydrogen-bond acceptors (Lipinski definition) is 9. The van der Waals surface area contributed by atoms with Crippen molar-refractivity contribution < 1.29 is 42.9 Å². The van der Waals surface area contributed by atoms with E-state index in [1.165, 1.54) is 13.8 Å². The molecule has 3 fully saturated rings. The summed E-state index contributed by atoms with van der Waals surface area (Å²) in [5, 5.41) is 13.5. The number of esters is 3. The predicted octanol–water partition coefficient (Wildman–Crippen LogP) is 5.85. The fraction of sp³-hybridized carbons (Fsp3) is 0.694. The van der Waals surface area contributed by atoms with Crippen molar-refractivity contribution in [2.75, 3.05) is 6.61 Å². The van der Waals surface area contributed by atoms with Crippen molar-refractivity contribution >= 4 is 26.2 Å². The zero-order valence-electron chi connectivity index (χ0n) is 29.3. The molecule has 4 aliphatic rings. The van der Waals surface area contributed by atoms with Crippen molar-refractivity contribution in [3.8, 4) is 0 Å². The van der Waals surface area contributed by atoms with E-state index in [4.69, 9.17) is 23.4 Å². The molecule has 5 rings (SSSR count). The summed E-state index contributed by atoms with van der Waals surface area (Å²) in [6.07, 6.45) is -2.17. The Morgan fingerprint density at radius 1 is 0.957 bits per heavy atom. The molecule has 1 aliphatic heterocycles. The van der Waals surface area contributed by atoms with E-state index in [9.17, 15) is 19.5 Å². The lowest BCUT2D eigenvalue weighted by Crippen LogP contribution is -2.81. The maximum absolute atomic E-state index is 14.1. The minimum absolute atomic E-state index is 0.0673. The number of fused-ring (bicyclic) bond motifs is 5. The molecule has 10 heteroatoms. The van der Waals surface area contributed by atoms with Crippen LogP contribution in [0.1, 0.15) is 78.6 Å². The van der Waals surface area contributed by atoms with Crippen LogP contribution >= 0.6 is 0 Å². The topological polar surface area (TPSA) is 118 Å². The number of rotatable bonds is 6. The highest BCUT2D eigenvalue weighted by molar-refractivity contribution is 6.69. The molecule has 1 aromatic carbocycles. The third kappa shape index (κ3) is 5.27. The van der Waals surface area contributed by atoms with Crippen molar-refractivity contribution in [1.29, 1.82) is 0 Å². The van der Waals surface area contributed by atoms with Gasteiger partial charge in [0.1, 0.15) is 23.9 Å². The second kappa shape index (κ2) is 11.6. The summed E-state index contributed by atoms with van der Waals surface area (Å²) in [6, 6.07) is 8.70. The number of hydrogen-bond donors (Lipinski definition) is 1. The first-order valence-corrected chi connectivity index (χ1v) is 20.0. The van der Waals surface area contributed by atoms with Gasteiger partial charge in [0.15, 0.2) is 13.9 Å². The zero-order chi connectivity index (χ0) is 34.2. The number of carbonyl (C=O) groups excluding carboxylic acids is 3. The Hall–Kier alpha value is -2.53. The van der Waals surface area contributed by atoms with Gasteiger partial charge in [-0.25, -0.2) is 4.79 Å². The molecule has 46 heavy (non-hydrogen) atoms. The van der Waals surface area contributed by atoms with Crippen LogP contribution in [0.5, 0.6) is 0 Å². The van der Waals surface area contributed by atoms with Gasteiger partial charge in [-0.1, -0.05) is 58.4 Å². The van der Waals surface area contributed by atoms with E-state index in [0.29, 0.717) is 12.0 Å². The molecule has 10 atom stereocenters. The SMILES string of the molecule is CC(=O)O[C@@H]1[C@H](C)C2=C(C)[C@@H](O[Si](C)(C)C)C[C@@](O)([C@@H](OC(=O)c3ccccc3)C3[C@@]1(C)[C@@H](C)C[C@H]1OC[C@@]31OC(C)=O)C2(C)C. The highest BCUT2D eigenvalue weighted by Crippen LogP contribution is 2.67. The minimum atomic E-state index is -2.15. The van der Waals surface area contributed by atoms with Crippen LogP contribution in [-0.4, -0.2) is 73.6 Å². The number of carbonyl (C=O) groups is 3. The summed E-state index contributed by atoms with van der Waals surface area (Å²) in [5.74, 6) is -2.83. The standard InChI is InChI=1S/C36H52O9Si/c1-20-17-27-35(19-41-27,44-24(5)38)29-31(43-32(39)25-15-13-12-14-16-25)36(40)18-26(45-46(9,10)11)21(2)28(33(36,6)7)22(3)30(34(20,29)8)42-23(4)37/h12-16,20,22,26-27,29-31,40H,17-19H2,1-11H3/t20-,22+,26-,27+,29?,30+,31-,34+,35-,36+/m0/s1. The zero-order valence-corrected chi connectivity index (χ0v) is 30.3. The van der Waals surface area contributed by atoms with Gasteiger partial charge in [0.05, 0.1) is 24.2 Å². The van der Waals surface area contributed by atoms with Gasteiger partial charge in [0, 0.05) is 37.0 Å². The number of aliphatic hydroxyl groups is 1. The molecule has 1 saturated heterocycles. The Bertz CT molecular complexity index is 1420. The maximum Gasteiger partial charge on any atom is 0.338 e. The average molecular weight is 657 g/mol. The Morgan fingerprint density at radius 2 is 1.59 bits per heavy atom. The number of benzene rings is 1. The molecule has 9 nitrogen and oxygen atoms in total.